The van der Waals surface area contributed by atoms with Gasteiger partial charge in [-0.05, 0) is 29.8 Å². The first kappa shape index (κ1) is 12.7. The number of halogens is 1. The molecule has 100 valence electrons. The van der Waals surface area contributed by atoms with Gasteiger partial charge in [-0.15, -0.1) is 0 Å². The molecule has 2 N–H and O–H groups in total. The molecule has 0 atom stereocenters. The van der Waals surface area contributed by atoms with Gasteiger partial charge in [-0.2, -0.15) is 0 Å². The summed E-state index contributed by atoms with van der Waals surface area (Å²) in [4.78, 5) is 8.22. The molecule has 1 aromatic carbocycles. The fourth-order valence-electron chi connectivity index (χ4n) is 2.13. The minimum atomic E-state index is 0.498. The smallest absolute Gasteiger partial charge is 0.123 e. The third-order valence-corrected chi connectivity index (χ3v) is 3.27. The van der Waals surface area contributed by atoms with E-state index in [1.165, 1.54) is 0 Å². The molecule has 0 bridgehead atoms. The Hall–Kier alpha value is -2.33. The van der Waals surface area contributed by atoms with E-state index in [4.69, 9.17) is 17.3 Å². The second kappa shape index (κ2) is 5.35. The number of imidazole rings is 1. The molecule has 0 saturated carbocycles. The van der Waals surface area contributed by atoms with Gasteiger partial charge in [0, 0.05) is 23.3 Å². The van der Waals surface area contributed by atoms with Crippen molar-refractivity contribution in [2.75, 3.05) is 5.73 Å². The lowest BCUT2D eigenvalue weighted by molar-refractivity contribution is 0.805. The number of nitrogens with two attached hydrogens (primary N) is 1. The van der Waals surface area contributed by atoms with Crippen LogP contribution in [-0.4, -0.2) is 14.5 Å². The molecule has 2 heterocycles. The molecule has 0 unspecified atom stereocenters. The van der Waals surface area contributed by atoms with Crippen molar-refractivity contribution in [3.63, 3.8) is 0 Å². The van der Waals surface area contributed by atoms with E-state index in [1.807, 2.05) is 42.6 Å². The third kappa shape index (κ3) is 2.65. The van der Waals surface area contributed by atoms with Crippen molar-refractivity contribution in [3.8, 4) is 11.3 Å². The van der Waals surface area contributed by atoms with E-state index in [0.29, 0.717) is 12.4 Å². The molecule has 0 spiro atoms. The number of hydrogen-bond acceptors (Lipinski definition) is 3. The topological polar surface area (TPSA) is 56.7 Å². The van der Waals surface area contributed by atoms with Crippen LogP contribution in [0.2, 0.25) is 5.02 Å². The van der Waals surface area contributed by atoms with E-state index in [1.54, 1.807) is 12.5 Å². The summed E-state index contributed by atoms with van der Waals surface area (Å²) in [6.07, 6.45) is 5.31. The predicted octanol–water partition coefficient (Wildman–Crippen LogP) is 3.23. The van der Waals surface area contributed by atoms with Crippen molar-refractivity contribution < 1.29 is 0 Å². The third-order valence-electron chi connectivity index (χ3n) is 3.03. The fraction of sp³-hybridized carbons (Fsp3) is 0.0667. The van der Waals surface area contributed by atoms with Crippen LogP contribution in [0.3, 0.4) is 0 Å². The summed E-state index contributed by atoms with van der Waals surface area (Å²) >= 11 is 6.01. The second-order valence-electron chi connectivity index (χ2n) is 4.51. The zero-order valence-corrected chi connectivity index (χ0v) is 11.5. The first-order valence-corrected chi connectivity index (χ1v) is 6.56. The quantitative estimate of drug-likeness (QED) is 0.803. The number of pyridine rings is 1. The van der Waals surface area contributed by atoms with Gasteiger partial charge in [-0.1, -0.05) is 23.7 Å². The molecule has 0 radical (unpaired) electrons. The predicted molar refractivity (Wildman–Crippen MR) is 80.4 cm³/mol. The summed E-state index contributed by atoms with van der Waals surface area (Å²) in [5.41, 5.74) is 8.85. The first-order chi connectivity index (χ1) is 9.72. The molecule has 20 heavy (non-hydrogen) atoms. The number of nitrogens with zero attached hydrogens (tertiary/aromatic N) is 3. The highest BCUT2D eigenvalue weighted by Crippen LogP contribution is 2.21. The van der Waals surface area contributed by atoms with Gasteiger partial charge in [0.1, 0.15) is 5.82 Å². The molecule has 0 aliphatic rings. The van der Waals surface area contributed by atoms with Gasteiger partial charge >= 0.3 is 0 Å². The zero-order chi connectivity index (χ0) is 13.9. The van der Waals surface area contributed by atoms with E-state index in [-0.39, 0.29) is 0 Å². The molecule has 2 aromatic heterocycles. The molecule has 5 heteroatoms. The maximum Gasteiger partial charge on any atom is 0.123 e. The van der Waals surface area contributed by atoms with E-state index < -0.39 is 0 Å². The van der Waals surface area contributed by atoms with Crippen molar-refractivity contribution in [1.82, 2.24) is 14.5 Å². The van der Waals surface area contributed by atoms with E-state index in [9.17, 15) is 0 Å². The summed E-state index contributed by atoms with van der Waals surface area (Å²) in [6.45, 7) is 0.706. The van der Waals surface area contributed by atoms with Crippen molar-refractivity contribution in [2.45, 2.75) is 6.54 Å². The highest BCUT2D eigenvalue weighted by molar-refractivity contribution is 6.30. The van der Waals surface area contributed by atoms with Crippen LogP contribution in [0.4, 0.5) is 5.82 Å². The minimum absolute atomic E-state index is 0.498. The van der Waals surface area contributed by atoms with Gasteiger partial charge in [0.2, 0.25) is 0 Å². The lowest BCUT2D eigenvalue weighted by atomic mass is 10.2. The lowest BCUT2D eigenvalue weighted by Crippen LogP contribution is -2.01. The largest absolute Gasteiger partial charge is 0.384 e. The zero-order valence-electron chi connectivity index (χ0n) is 10.7. The Balaban J connectivity index is 1.94. The van der Waals surface area contributed by atoms with Gasteiger partial charge in [-0.3, -0.25) is 0 Å². The first-order valence-electron chi connectivity index (χ1n) is 6.19. The van der Waals surface area contributed by atoms with Gasteiger partial charge in [0.15, 0.2) is 0 Å². The van der Waals surface area contributed by atoms with Gasteiger partial charge in [-0.25, -0.2) is 9.97 Å². The van der Waals surface area contributed by atoms with Crippen LogP contribution < -0.4 is 5.73 Å². The Morgan fingerprint density at radius 2 is 2.10 bits per heavy atom. The number of nitrogen functional groups attached to an aromatic ring is 1. The van der Waals surface area contributed by atoms with Crippen molar-refractivity contribution in [2.24, 2.45) is 0 Å². The molecule has 3 rings (SSSR count). The van der Waals surface area contributed by atoms with Crippen LogP contribution in [0.25, 0.3) is 11.3 Å². The average Bonchev–Trinajstić information content (AvgIpc) is 2.87. The molecule has 0 amide bonds. The number of anilines is 1. The molecule has 4 nitrogen and oxygen atoms in total. The Morgan fingerprint density at radius 1 is 1.20 bits per heavy atom. The molecular formula is C15H13ClN4. The SMILES string of the molecule is Nc1cc(-c2cncn2Cc2cccc(Cl)c2)ccn1. The number of aromatic nitrogens is 3. The molecule has 0 aliphatic heterocycles. The van der Waals surface area contributed by atoms with Crippen molar-refractivity contribution >= 4 is 17.4 Å². The normalized spacial score (nSPS) is 10.7. The number of hydrogen-bond donors (Lipinski definition) is 1. The van der Waals surface area contributed by atoms with Gasteiger partial charge < -0.3 is 10.3 Å². The van der Waals surface area contributed by atoms with Gasteiger partial charge in [0.05, 0.1) is 18.2 Å². The highest BCUT2D eigenvalue weighted by Gasteiger charge is 2.06. The van der Waals surface area contributed by atoms with E-state index >= 15 is 0 Å². The Labute approximate surface area is 121 Å². The lowest BCUT2D eigenvalue weighted by Gasteiger charge is -2.09. The Bertz CT molecular complexity index is 736. The molecule has 0 aliphatic carbocycles. The monoisotopic (exact) mass is 284 g/mol. The van der Waals surface area contributed by atoms with Crippen LogP contribution in [0.5, 0.6) is 0 Å². The standard InChI is InChI=1S/C15H13ClN4/c16-13-3-1-2-11(6-13)9-20-10-18-8-14(20)12-4-5-19-15(17)7-12/h1-8,10H,9H2,(H2,17,19). The minimum Gasteiger partial charge on any atom is -0.384 e. The van der Waals surface area contributed by atoms with E-state index in [0.717, 1.165) is 21.8 Å². The van der Waals surface area contributed by atoms with Crippen LogP contribution in [0, 0.1) is 0 Å². The second-order valence-corrected chi connectivity index (χ2v) is 4.94. The molecule has 3 aromatic rings. The van der Waals surface area contributed by atoms with Crippen molar-refractivity contribution in [3.05, 3.63) is 65.7 Å². The summed E-state index contributed by atoms with van der Waals surface area (Å²) in [6, 6.07) is 11.6. The van der Waals surface area contributed by atoms with Crippen LogP contribution in [0.1, 0.15) is 5.56 Å². The summed E-state index contributed by atoms with van der Waals surface area (Å²) in [5.74, 6) is 0.498. The molecule has 0 saturated heterocycles. The molecular weight excluding hydrogens is 272 g/mol. The Morgan fingerprint density at radius 3 is 2.90 bits per heavy atom. The van der Waals surface area contributed by atoms with Crippen LogP contribution in [-0.2, 0) is 6.54 Å². The van der Waals surface area contributed by atoms with Gasteiger partial charge in [0.25, 0.3) is 0 Å². The summed E-state index contributed by atoms with van der Waals surface area (Å²) < 4.78 is 2.06. The Kier molecular flexibility index (Phi) is 3.39. The van der Waals surface area contributed by atoms with Crippen LogP contribution >= 0.6 is 11.6 Å². The maximum atomic E-state index is 6.01. The van der Waals surface area contributed by atoms with Crippen molar-refractivity contribution in [1.29, 1.82) is 0 Å². The number of rotatable bonds is 3. The average molecular weight is 285 g/mol. The fourth-order valence-corrected chi connectivity index (χ4v) is 2.34. The molecule has 0 fully saturated rings. The number of benzene rings is 1. The maximum absolute atomic E-state index is 6.01. The van der Waals surface area contributed by atoms with Crippen LogP contribution in [0.15, 0.2) is 55.1 Å². The summed E-state index contributed by atoms with van der Waals surface area (Å²) in [5, 5.41) is 0.734. The highest BCUT2D eigenvalue weighted by atomic mass is 35.5. The van der Waals surface area contributed by atoms with E-state index in [2.05, 4.69) is 14.5 Å². The summed E-state index contributed by atoms with van der Waals surface area (Å²) in [7, 11) is 0.